The van der Waals surface area contributed by atoms with Crippen LogP contribution < -0.4 is 10.9 Å². The van der Waals surface area contributed by atoms with Gasteiger partial charge in [0.15, 0.2) is 0 Å². The van der Waals surface area contributed by atoms with Crippen molar-refractivity contribution in [3.63, 3.8) is 0 Å². The molecule has 0 aliphatic rings. The van der Waals surface area contributed by atoms with Crippen LogP contribution in [0.25, 0.3) is 5.69 Å². The summed E-state index contributed by atoms with van der Waals surface area (Å²) in [4.78, 5) is 24.5. The zero-order valence-corrected chi connectivity index (χ0v) is 14.1. The Labute approximate surface area is 145 Å². The first-order chi connectivity index (χ1) is 12.1. The minimum atomic E-state index is -0.594. The summed E-state index contributed by atoms with van der Waals surface area (Å²) in [6.07, 6.45) is 1.07. The molecule has 1 N–H and O–H groups in total. The number of rotatable bonds is 4. The van der Waals surface area contributed by atoms with E-state index in [1.54, 1.807) is 24.0 Å². The van der Waals surface area contributed by atoms with Crippen LogP contribution in [0.5, 0.6) is 0 Å². The number of nitrogens with zero attached hydrogens (tertiary/aromatic N) is 2. The molecule has 0 bridgehead atoms. The van der Waals surface area contributed by atoms with E-state index in [-0.39, 0.29) is 12.2 Å². The summed E-state index contributed by atoms with van der Waals surface area (Å²) in [7, 11) is 1.77. The minimum absolute atomic E-state index is 0.0930. The van der Waals surface area contributed by atoms with E-state index in [2.05, 4.69) is 5.32 Å². The number of benzene rings is 2. The van der Waals surface area contributed by atoms with Gasteiger partial charge in [-0.05, 0) is 30.7 Å². The van der Waals surface area contributed by atoms with Gasteiger partial charge in [-0.3, -0.25) is 14.8 Å². The quantitative estimate of drug-likeness (QED) is 0.795. The smallest absolute Gasteiger partial charge is 0.411 e. The molecular formula is C19H19N3O3. The second kappa shape index (κ2) is 7.09. The second-order valence-corrected chi connectivity index (χ2v) is 5.70. The van der Waals surface area contributed by atoms with Crippen molar-refractivity contribution in [2.24, 2.45) is 7.05 Å². The number of nitrogens with one attached hydrogen (secondary N) is 1. The van der Waals surface area contributed by atoms with Crippen LogP contribution in [-0.2, 0) is 18.4 Å². The maximum atomic E-state index is 12.5. The van der Waals surface area contributed by atoms with Gasteiger partial charge in [0.1, 0.15) is 6.61 Å². The number of anilines is 1. The monoisotopic (exact) mass is 337 g/mol. The number of ether oxygens (including phenoxy) is 1. The molecule has 1 aromatic heterocycles. The van der Waals surface area contributed by atoms with E-state index < -0.39 is 6.09 Å². The normalized spacial score (nSPS) is 10.5. The number of aryl methyl sites for hydroxylation is 2. The third kappa shape index (κ3) is 3.63. The van der Waals surface area contributed by atoms with Crippen LogP contribution in [-0.4, -0.2) is 15.5 Å². The third-order valence-electron chi connectivity index (χ3n) is 3.87. The lowest BCUT2D eigenvalue weighted by atomic mass is 10.2. The van der Waals surface area contributed by atoms with Gasteiger partial charge in [0.2, 0.25) is 0 Å². The van der Waals surface area contributed by atoms with E-state index in [1.807, 2.05) is 55.5 Å². The van der Waals surface area contributed by atoms with Gasteiger partial charge in [-0.2, -0.15) is 0 Å². The van der Waals surface area contributed by atoms with Crippen LogP contribution in [0, 0.1) is 6.92 Å². The Morgan fingerprint density at radius 1 is 1.08 bits per heavy atom. The number of hydrogen-bond acceptors (Lipinski definition) is 3. The zero-order chi connectivity index (χ0) is 17.8. The molecule has 0 aliphatic carbocycles. The zero-order valence-electron chi connectivity index (χ0n) is 14.1. The number of amides is 1. The van der Waals surface area contributed by atoms with Gasteiger partial charge in [0.25, 0.3) is 5.56 Å². The average Bonchev–Trinajstić information content (AvgIpc) is 2.89. The highest BCUT2D eigenvalue weighted by molar-refractivity contribution is 5.85. The molecule has 0 fully saturated rings. The molecule has 0 unspecified atom stereocenters. The lowest BCUT2D eigenvalue weighted by Crippen LogP contribution is -2.22. The second-order valence-electron chi connectivity index (χ2n) is 5.70. The first kappa shape index (κ1) is 16.6. The summed E-state index contributed by atoms with van der Waals surface area (Å²) >= 11 is 0. The number of aromatic nitrogens is 2. The van der Waals surface area contributed by atoms with Gasteiger partial charge in [-0.15, -0.1) is 0 Å². The van der Waals surface area contributed by atoms with E-state index in [1.165, 1.54) is 4.68 Å². The Kier molecular flexibility index (Phi) is 4.70. The molecule has 6 nitrogen and oxygen atoms in total. The van der Waals surface area contributed by atoms with Crippen LogP contribution in [0.1, 0.15) is 11.1 Å². The van der Waals surface area contributed by atoms with Gasteiger partial charge in [0.05, 0.1) is 11.3 Å². The summed E-state index contributed by atoms with van der Waals surface area (Å²) in [6, 6.07) is 16.7. The summed E-state index contributed by atoms with van der Waals surface area (Å²) in [5.74, 6) is 0. The number of para-hydroxylation sites is 2. The highest BCUT2D eigenvalue weighted by atomic mass is 16.5. The Bertz CT molecular complexity index is 942. The van der Waals surface area contributed by atoms with Gasteiger partial charge in [-0.25, -0.2) is 9.48 Å². The Hall–Kier alpha value is -3.28. The van der Waals surface area contributed by atoms with Crippen molar-refractivity contribution in [1.82, 2.24) is 9.36 Å². The Balaban J connectivity index is 1.71. The fourth-order valence-corrected chi connectivity index (χ4v) is 2.59. The topological polar surface area (TPSA) is 65.3 Å². The fraction of sp³-hybridized carbons (Fsp3) is 0.158. The molecule has 2 aromatic carbocycles. The minimum Gasteiger partial charge on any atom is -0.444 e. The molecule has 1 heterocycles. The first-order valence-electron chi connectivity index (χ1n) is 7.88. The van der Waals surface area contributed by atoms with Gasteiger partial charge >= 0.3 is 6.09 Å². The van der Waals surface area contributed by atoms with Gasteiger partial charge in [-0.1, -0.05) is 36.4 Å². The number of carbonyl (C=O) groups excluding carboxylic acids is 1. The van der Waals surface area contributed by atoms with E-state index in [0.717, 1.165) is 11.3 Å². The largest absolute Gasteiger partial charge is 0.444 e. The van der Waals surface area contributed by atoms with Crippen molar-refractivity contribution in [2.45, 2.75) is 13.5 Å². The van der Waals surface area contributed by atoms with Crippen molar-refractivity contribution >= 4 is 11.8 Å². The predicted octanol–water partition coefficient (Wildman–Crippen LogP) is 3.23. The maximum Gasteiger partial charge on any atom is 0.411 e. The lowest BCUT2D eigenvalue weighted by Gasteiger charge is -2.08. The van der Waals surface area contributed by atoms with Crippen LogP contribution in [0.3, 0.4) is 0 Å². The maximum absolute atomic E-state index is 12.5. The molecule has 25 heavy (non-hydrogen) atoms. The van der Waals surface area contributed by atoms with Gasteiger partial charge < -0.3 is 4.74 Å². The van der Waals surface area contributed by atoms with Crippen LogP contribution in [0.2, 0.25) is 0 Å². The van der Waals surface area contributed by atoms with E-state index in [0.29, 0.717) is 11.3 Å². The summed E-state index contributed by atoms with van der Waals surface area (Å²) in [5.41, 5.74) is 2.57. The molecule has 0 radical (unpaired) electrons. The Morgan fingerprint density at radius 2 is 1.76 bits per heavy atom. The molecule has 128 valence electrons. The van der Waals surface area contributed by atoms with Gasteiger partial charge in [0, 0.05) is 18.9 Å². The molecule has 3 rings (SSSR count). The third-order valence-corrected chi connectivity index (χ3v) is 3.87. The summed E-state index contributed by atoms with van der Waals surface area (Å²) < 4.78 is 8.40. The SMILES string of the molecule is Cc1ccccc1NC(=O)OCc1cn(C)n(-c2ccccc2)c1=O. The van der Waals surface area contributed by atoms with Crippen LogP contribution in [0.4, 0.5) is 10.5 Å². The molecule has 0 atom stereocenters. The van der Waals surface area contributed by atoms with E-state index >= 15 is 0 Å². The van der Waals surface area contributed by atoms with Crippen molar-refractivity contribution in [3.8, 4) is 5.69 Å². The summed E-state index contributed by atoms with van der Waals surface area (Å²) in [5, 5.41) is 2.68. The van der Waals surface area contributed by atoms with Crippen molar-refractivity contribution < 1.29 is 9.53 Å². The number of hydrogen-bond donors (Lipinski definition) is 1. The highest BCUT2D eigenvalue weighted by Crippen LogP contribution is 2.13. The molecule has 3 aromatic rings. The van der Waals surface area contributed by atoms with Crippen molar-refractivity contribution in [3.05, 3.63) is 82.3 Å². The molecule has 0 saturated carbocycles. The van der Waals surface area contributed by atoms with Crippen LogP contribution in [0.15, 0.2) is 65.6 Å². The predicted molar refractivity (Wildman–Crippen MR) is 96.0 cm³/mol. The average molecular weight is 337 g/mol. The summed E-state index contributed by atoms with van der Waals surface area (Å²) in [6.45, 7) is 1.80. The first-order valence-corrected chi connectivity index (χ1v) is 7.88. The van der Waals surface area contributed by atoms with Crippen molar-refractivity contribution in [2.75, 3.05) is 5.32 Å². The number of carbonyl (C=O) groups is 1. The lowest BCUT2D eigenvalue weighted by molar-refractivity contribution is 0.154. The standard InChI is InChI=1S/C19H19N3O3/c1-14-8-6-7-11-17(14)20-19(24)25-13-15-12-21(2)22(18(15)23)16-9-4-3-5-10-16/h3-12H,13H2,1-2H3,(H,20,24). The Morgan fingerprint density at radius 3 is 2.48 bits per heavy atom. The molecule has 1 amide bonds. The van der Waals surface area contributed by atoms with Crippen molar-refractivity contribution in [1.29, 1.82) is 0 Å². The highest BCUT2D eigenvalue weighted by Gasteiger charge is 2.13. The molecule has 0 aliphatic heterocycles. The molecule has 6 heteroatoms. The molecule has 0 spiro atoms. The van der Waals surface area contributed by atoms with E-state index in [9.17, 15) is 9.59 Å². The van der Waals surface area contributed by atoms with Crippen LogP contribution >= 0.6 is 0 Å². The fourth-order valence-electron chi connectivity index (χ4n) is 2.59. The van der Waals surface area contributed by atoms with E-state index in [4.69, 9.17) is 4.74 Å². The molecule has 0 saturated heterocycles. The molecular weight excluding hydrogens is 318 g/mol.